The summed E-state index contributed by atoms with van der Waals surface area (Å²) < 4.78 is 6.09. The molecule has 5 amide bonds. The van der Waals surface area contributed by atoms with Gasteiger partial charge < -0.3 is 19.9 Å². The number of likely N-dealkylation sites (tertiary alicyclic amines) is 1. The third-order valence-corrected chi connectivity index (χ3v) is 13.6. The van der Waals surface area contributed by atoms with Crippen molar-refractivity contribution in [1.82, 2.24) is 30.6 Å². The molecule has 16 heteroatoms. The number of hydrogen-bond donors (Lipinski definition) is 2. The molecule has 5 fully saturated rings. The summed E-state index contributed by atoms with van der Waals surface area (Å²) in [5, 5.41) is 23.6. The molecule has 306 valence electrons. The van der Waals surface area contributed by atoms with E-state index in [1.165, 1.54) is 0 Å². The Balaban J connectivity index is 0.700. The Morgan fingerprint density at radius 1 is 0.847 bits per heavy atom. The first-order valence-electron chi connectivity index (χ1n) is 20.7. The van der Waals surface area contributed by atoms with E-state index < -0.39 is 29.7 Å². The fraction of sp³-hybridized carbons (Fsp3) is 0.488. The molecule has 1 unspecified atom stereocenters. The number of carbonyl (C=O) groups is 5. The number of fused-ring (bicyclic) bond motifs is 1. The van der Waals surface area contributed by atoms with Gasteiger partial charge in [0.25, 0.3) is 17.7 Å². The van der Waals surface area contributed by atoms with Crippen LogP contribution in [0.25, 0.3) is 0 Å². The molecule has 1 atom stereocenters. The van der Waals surface area contributed by atoms with E-state index in [9.17, 15) is 24.0 Å². The van der Waals surface area contributed by atoms with Crippen molar-refractivity contribution in [2.24, 2.45) is 5.41 Å². The predicted molar refractivity (Wildman–Crippen MR) is 216 cm³/mol. The number of halogens is 1. The van der Waals surface area contributed by atoms with Gasteiger partial charge in [-0.1, -0.05) is 11.6 Å². The molecule has 6 heterocycles. The van der Waals surface area contributed by atoms with E-state index in [0.29, 0.717) is 44.6 Å². The Morgan fingerprint density at radius 2 is 1.59 bits per heavy atom. The van der Waals surface area contributed by atoms with Gasteiger partial charge in [-0.05, 0) is 106 Å². The predicted octanol–water partition coefficient (Wildman–Crippen LogP) is 4.09. The fourth-order valence-corrected chi connectivity index (χ4v) is 10.0. The summed E-state index contributed by atoms with van der Waals surface area (Å²) in [5.74, 6) is -0.747. The molecular formula is C43H46ClN9O6. The van der Waals surface area contributed by atoms with Gasteiger partial charge in [-0.3, -0.25) is 39.1 Å². The van der Waals surface area contributed by atoms with Gasteiger partial charge in [0, 0.05) is 69.5 Å². The molecule has 1 aromatic heterocycles. The average Bonchev–Trinajstić information content (AvgIpc) is 3.48. The Labute approximate surface area is 347 Å². The van der Waals surface area contributed by atoms with Crippen LogP contribution < -0.4 is 25.2 Å². The summed E-state index contributed by atoms with van der Waals surface area (Å²) in [6, 6.07) is 15.7. The second-order valence-electron chi connectivity index (χ2n) is 16.9. The minimum Gasteiger partial charge on any atom is -0.490 e. The lowest BCUT2D eigenvalue weighted by Crippen LogP contribution is -2.64. The Kier molecular flexibility index (Phi) is 10.5. The highest BCUT2D eigenvalue weighted by molar-refractivity contribution is 6.31. The zero-order chi connectivity index (χ0) is 40.8. The van der Waals surface area contributed by atoms with Crippen LogP contribution in [-0.4, -0.2) is 113 Å². The van der Waals surface area contributed by atoms with Crippen molar-refractivity contribution < 1.29 is 28.7 Å². The van der Waals surface area contributed by atoms with E-state index in [1.807, 2.05) is 12.1 Å². The monoisotopic (exact) mass is 819 g/mol. The molecule has 1 saturated carbocycles. The van der Waals surface area contributed by atoms with Gasteiger partial charge in [0.05, 0.1) is 27.8 Å². The summed E-state index contributed by atoms with van der Waals surface area (Å²) >= 11 is 6.15. The number of nitriles is 1. The van der Waals surface area contributed by atoms with Gasteiger partial charge in [0.15, 0.2) is 11.5 Å². The normalized spacial score (nSPS) is 24.7. The molecule has 0 bridgehead atoms. The van der Waals surface area contributed by atoms with Gasteiger partial charge in [-0.15, -0.1) is 10.2 Å². The first-order valence-corrected chi connectivity index (χ1v) is 21.0. The average molecular weight is 820 g/mol. The van der Waals surface area contributed by atoms with Crippen molar-refractivity contribution in [2.45, 2.75) is 88.4 Å². The SMILES string of the molecule is N#Cc1ccc(O[C@H]2CC[C@H](NC(=O)c3ccc(N4CCC5(CC4)CN(C4CCN(c6ccc7c(c6)C(=O)N(C6CCC(=O)NC6=O)C7=O)CC4)C5)nn3)CC2)cc1Cl. The molecule has 59 heavy (non-hydrogen) atoms. The maximum Gasteiger partial charge on any atom is 0.272 e. The lowest BCUT2D eigenvalue weighted by atomic mass is 9.71. The number of imide groups is 2. The summed E-state index contributed by atoms with van der Waals surface area (Å²) in [5.41, 5.74) is 2.54. The molecule has 2 aromatic carbocycles. The molecule has 6 aliphatic rings. The van der Waals surface area contributed by atoms with Gasteiger partial charge in [-0.2, -0.15) is 5.26 Å². The van der Waals surface area contributed by atoms with E-state index in [1.54, 1.807) is 36.4 Å². The van der Waals surface area contributed by atoms with Crippen LogP contribution in [-0.2, 0) is 9.59 Å². The summed E-state index contributed by atoms with van der Waals surface area (Å²) in [4.78, 5) is 71.8. The number of anilines is 2. The van der Waals surface area contributed by atoms with Crippen LogP contribution in [0.2, 0.25) is 5.02 Å². The lowest BCUT2D eigenvalue weighted by molar-refractivity contribution is -0.136. The Hall–Kier alpha value is -5.59. The second-order valence-corrected chi connectivity index (χ2v) is 17.3. The van der Waals surface area contributed by atoms with E-state index >= 15 is 0 Å². The zero-order valence-electron chi connectivity index (χ0n) is 32.7. The molecule has 9 rings (SSSR count). The lowest BCUT2D eigenvalue weighted by Gasteiger charge is -2.57. The number of amides is 5. The van der Waals surface area contributed by atoms with Crippen LogP contribution in [0.15, 0.2) is 48.5 Å². The number of benzene rings is 2. The van der Waals surface area contributed by atoms with Crippen molar-refractivity contribution in [3.63, 3.8) is 0 Å². The van der Waals surface area contributed by atoms with E-state index in [0.717, 1.165) is 107 Å². The molecule has 1 spiro atoms. The molecule has 15 nitrogen and oxygen atoms in total. The smallest absolute Gasteiger partial charge is 0.272 e. The number of nitrogens with zero attached hydrogens (tertiary/aromatic N) is 7. The number of rotatable bonds is 8. The minimum atomic E-state index is -0.971. The summed E-state index contributed by atoms with van der Waals surface area (Å²) in [6.45, 7) is 5.65. The number of ether oxygens (including phenoxy) is 1. The van der Waals surface area contributed by atoms with E-state index in [2.05, 4.69) is 41.6 Å². The standard InChI is InChI=1S/C43H46ClN9O6/c44-34-22-31(5-1-26(34)23-45)59-30-6-2-27(3-7-30)46-39(55)35-9-11-37(49-48-35)51-19-15-43(16-20-51)24-52(25-43)28-13-17-50(18-14-28)29-4-8-32-33(21-29)42(58)53(41(32)57)36-10-12-38(54)47-40(36)56/h1,4-5,8-9,11,21-22,27-28,30,36H,2-3,6-7,10,12-20,24-25H2,(H,46,55)(H,47,54,56)/t27-,30-,36?. The van der Waals surface area contributed by atoms with Gasteiger partial charge in [-0.25, -0.2) is 0 Å². The molecule has 0 radical (unpaired) electrons. The topological polar surface area (TPSA) is 181 Å². The van der Waals surface area contributed by atoms with Crippen molar-refractivity contribution in [3.05, 3.63) is 75.9 Å². The largest absolute Gasteiger partial charge is 0.490 e. The first kappa shape index (κ1) is 38.9. The molecule has 5 aliphatic heterocycles. The van der Waals surface area contributed by atoms with Crippen molar-refractivity contribution in [1.29, 1.82) is 5.26 Å². The Bertz CT molecular complexity index is 2210. The molecular weight excluding hydrogens is 774 g/mol. The van der Waals surface area contributed by atoms with Gasteiger partial charge >= 0.3 is 0 Å². The number of hydrogen-bond acceptors (Lipinski definition) is 12. The van der Waals surface area contributed by atoms with Crippen LogP contribution in [0.5, 0.6) is 5.75 Å². The number of carbonyl (C=O) groups excluding carboxylic acids is 5. The molecule has 4 saturated heterocycles. The highest BCUT2D eigenvalue weighted by Gasteiger charge is 2.48. The maximum atomic E-state index is 13.3. The van der Waals surface area contributed by atoms with Crippen molar-refractivity contribution >= 4 is 52.6 Å². The molecule has 1 aliphatic carbocycles. The number of piperidine rings is 3. The van der Waals surface area contributed by atoms with Crippen LogP contribution >= 0.6 is 11.6 Å². The third kappa shape index (κ3) is 7.71. The molecule has 2 N–H and O–H groups in total. The number of nitrogens with one attached hydrogen (secondary N) is 2. The van der Waals surface area contributed by atoms with Crippen LogP contribution in [0, 0.1) is 16.7 Å². The third-order valence-electron chi connectivity index (χ3n) is 13.3. The van der Waals surface area contributed by atoms with Crippen molar-refractivity contribution in [3.8, 4) is 11.8 Å². The van der Waals surface area contributed by atoms with Gasteiger partial charge in [0.1, 0.15) is 17.9 Å². The number of aromatic nitrogens is 2. The highest BCUT2D eigenvalue weighted by Crippen LogP contribution is 2.43. The van der Waals surface area contributed by atoms with Crippen LogP contribution in [0.3, 0.4) is 0 Å². The quantitative estimate of drug-likeness (QED) is 0.311. The van der Waals surface area contributed by atoms with E-state index in [4.69, 9.17) is 21.6 Å². The second kappa shape index (κ2) is 15.9. The first-order chi connectivity index (χ1) is 28.6. The highest BCUT2D eigenvalue weighted by atomic mass is 35.5. The Morgan fingerprint density at radius 3 is 2.27 bits per heavy atom. The van der Waals surface area contributed by atoms with Gasteiger partial charge in [0.2, 0.25) is 11.8 Å². The van der Waals surface area contributed by atoms with Crippen LogP contribution in [0.4, 0.5) is 11.5 Å². The summed E-state index contributed by atoms with van der Waals surface area (Å²) in [7, 11) is 0. The molecule has 3 aromatic rings. The maximum absolute atomic E-state index is 13.3. The van der Waals surface area contributed by atoms with Crippen LogP contribution in [0.1, 0.15) is 101 Å². The van der Waals surface area contributed by atoms with E-state index in [-0.39, 0.29) is 30.9 Å². The summed E-state index contributed by atoms with van der Waals surface area (Å²) in [6.07, 6.45) is 7.59. The zero-order valence-corrected chi connectivity index (χ0v) is 33.5. The van der Waals surface area contributed by atoms with Crippen molar-refractivity contribution in [2.75, 3.05) is 49.1 Å². The minimum absolute atomic E-state index is 0.0218. The fourth-order valence-electron chi connectivity index (χ4n) is 9.80.